The molecule has 1 saturated heterocycles. The van der Waals surface area contributed by atoms with Crippen LogP contribution in [0.15, 0.2) is 128 Å². The van der Waals surface area contributed by atoms with Crippen molar-refractivity contribution >= 4 is 67.9 Å². The van der Waals surface area contributed by atoms with Gasteiger partial charge in [-0.05, 0) is 185 Å². The summed E-state index contributed by atoms with van der Waals surface area (Å²) in [6, 6.07) is 18.8. The molecule has 6 aromatic heterocycles. The third-order valence-electron chi connectivity index (χ3n) is 14.8. The maximum atomic E-state index is 14.7. The van der Waals surface area contributed by atoms with Crippen LogP contribution in [0.2, 0.25) is 0 Å². The Balaban J connectivity index is 0.000000268. The van der Waals surface area contributed by atoms with Gasteiger partial charge in [0.1, 0.15) is 56.1 Å². The number of halogens is 14. The third-order valence-corrected chi connectivity index (χ3v) is 16.4. The largest absolute Gasteiger partial charge is 1.00 e. The van der Waals surface area contributed by atoms with Gasteiger partial charge in [-0.15, -0.1) is 0 Å². The second-order valence-corrected chi connectivity index (χ2v) is 24.2. The summed E-state index contributed by atoms with van der Waals surface area (Å²) >= 11 is 6.02. The van der Waals surface area contributed by atoms with Crippen LogP contribution in [0.25, 0.3) is 39.2 Å². The van der Waals surface area contributed by atoms with E-state index in [9.17, 15) is 72.2 Å². The number of pyridine rings is 3. The molecule has 3 aromatic carbocycles. The molecule has 3 aliphatic rings. The van der Waals surface area contributed by atoms with Gasteiger partial charge in [0.2, 0.25) is 0 Å². The molecule has 0 spiro atoms. The van der Waals surface area contributed by atoms with Gasteiger partial charge >= 0.3 is 163 Å². The van der Waals surface area contributed by atoms with E-state index in [0.29, 0.717) is 35.2 Å². The molecule has 9 aromatic rings. The second kappa shape index (κ2) is 34.6. The number of nitrogens with zero attached hydrogens (tertiary/aromatic N) is 6. The Labute approximate surface area is 681 Å². The smallest absolute Gasteiger partial charge is 1.00 e. The number of rotatable bonds is 8. The first kappa shape index (κ1) is 83.4. The van der Waals surface area contributed by atoms with Crippen molar-refractivity contribution in [2.75, 3.05) is 11.9 Å². The fourth-order valence-corrected chi connectivity index (χ4v) is 9.88. The Bertz CT molecular complexity index is 4490. The molecule has 7 heterocycles. The van der Waals surface area contributed by atoms with Gasteiger partial charge in [0.05, 0.1) is 28.9 Å². The Hall–Kier alpha value is -4.22. The number of aromatic hydroxyl groups is 2. The molecule has 17 nitrogen and oxygen atoms in total. The Morgan fingerprint density at radius 2 is 0.969 bits per heavy atom. The normalized spacial score (nSPS) is 14.5. The predicted molar refractivity (Wildman–Crippen MR) is 331 cm³/mol. The molecule has 0 bridgehead atoms. The van der Waals surface area contributed by atoms with Crippen LogP contribution in [0.1, 0.15) is 88.6 Å². The van der Waals surface area contributed by atoms with Gasteiger partial charge in [0.15, 0.2) is 17.1 Å². The Morgan fingerprint density at radius 1 is 0.598 bits per heavy atom. The van der Waals surface area contributed by atoms with Crippen LogP contribution in [0.3, 0.4) is 0 Å². The number of alkyl halides is 10. The zero-order valence-electron chi connectivity index (χ0n) is 54.0. The van der Waals surface area contributed by atoms with Crippen LogP contribution >= 0.6 is 31.9 Å². The maximum absolute atomic E-state index is 14.7. The average Bonchev–Trinajstić information content (AvgIpc) is 1.11. The van der Waals surface area contributed by atoms with Gasteiger partial charge < -0.3 is 35.8 Å². The van der Waals surface area contributed by atoms with Gasteiger partial charge in [0, 0.05) is 58.7 Å². The van der Waals surface area contributed by atoms with E-state index in [4.69, 9.17) is 29.2 Å². The Kier molecular flexibility index (Phi) is 29.8. The summed E-state index contributed by atoms with van der Waals surface area (Å²) in [7, 11) is -0.736. The number of aromatic nitrogens is 6. The second-order valence-electron chi connectivity index (χ2n) is 22.8. The van der Waals surface area contributed by atoms with Crippen LogP contribution < -0.4 is 170 Å². The first-order valence-electron chi connectivity index (χ1n) is 28.3. The number of phenols is 2. The quantitative estimate of drug-likeness (QED) is 0.0387. The molecule has 0 atom stereocenters. The van der Waals surface area contributed by atoms with Crippen molar-refractivity contribution in [3.63, 3.8) is 0 Å². The van der Waals surface area contributed by atoms with E-state index < -0.39 is 121 Å². The molecular weight excluding hydrogens is 1680 g/mol. The molecule has 0 radical (unpaired) electrons. The van der Waals surface area contributed by atoms with Crippen molar-refractivity contribution in [1.82, 2.24) is 28.2 Å². The van der Waals surface area contributed by atoms with Crippen LogP contribution in [0, 0.1) is 50.1 Å². The van der Waals surface area contributed by atoms with Gasteiger partial charge in [0.25, 0.3) is 23.2 Å². The van der Waals surface area contributed by atoms with Crippen molar-refractivity contribution in [2.24, 2.45) is 11.8 Å². The number of phenolic OH excluding ortho intramolecular Hbond substituents is 2. The molecule has 97 heavy (non-hydrogen) atoms. The van der Waals surface area contributed by atoms with E-state index in [-0.39, 0.29) is 174 Å². The van der Waals surface area contributed by atoms with Gasteiger partial charge in [-0.25, -0.2) is 28.1 Å². The summed E-state index contributed by atoms with van der Waals surface area (Å²) in [6.07, 6.45) is -5.49. The van der Waals surface area contributed by atoms with Gasteiger partial charge in [-0.1, -0.05) is 22.0 Å². The minimum atomic E-state index is -4.95. The number of aryl methyl sites for hydroxylation is 3. The minimum absolute atomic E-state index is 0. The van der Waals surface area contributed by atoms with Crippen molar-refractivity contribution in [3.05, 3.63) is 196 Å². The first-order chi connectivity index (χ1) is 44.3. The third kappa shape index (κ3) is 21.7. The molecule has 12 rings (SSSR count). The molecule has 0 amide bonds. The van der Waals surface area contributed by atoms with Crippen molar-refractivity contribution < 1.29 is 231 Å². The number of hydrogen-bond donors (Lipinski definition) is 2. The number of benzene rings is 3. The predicted octanol–water partition coefficient (Wildman–Crippen LogP) is 7.11. The molecule has 0 unspecified atom stereocenters. The van der Waals surface area contributed by atoms with Gasteiger partial charge in [-0.2, -0.15) is 39.5 Å². The van der Waals surface area contributed by atoms with E-state index >= 15 is 0 Å². The van der Waals surface area contributed by atoms with Crippen molar-refractivity contribution in [2.45, 2.75) is 104 Å². The topological polar surface area (TPSA) is 221 Å². The summed E-state index contributed by atoms with van der Waals surface area (Å²) in [5, 5.41) is 28.0. The number of fused-ring (bicyclic) bond motifs is 3. The van der Waals surface area contributed by atoms with Gasteiger partial charge in [-0.3, -0.25) is 32.4 Å². The Morgan fingerprint density at radius 3 is 1.32 bits per heavy atom. The van der Waals surface area contributed by atoms with Crippen LogP contribution in [0.4, 0.5) is 52.7 Å². The van der Waals surface area contributed by atoms with Crippen LogP contribution in [-0.2, 0) is 37.5 Å². The van der Waals surface area contributed by atoms with E-state index in [0.717, 1.165) is 67.9 Å². The fraction of sp³-hybridized carbons (Fsp3) is 0.317. The minimum Gasteiger partial charge on any atom is -1.00 e. The first-order valence-corrected chi connectivity index (χ1v) is 30.2. The molecule has 508 valence electrons. The standard InChI is InChI=1S/C20H16F4N2O2.C16H10F4N2O2.C12H16BFO3.C10H6BrF3N2O.C4H7Br.CH2O3.2Cs.H/c1-11-6-7-26-16(8-11)25-18(20(22,23)24)17(19(26)27)14-5-4-13(9-15(14)21)28-10-12-2-3-12;1-8-4-5-22-12(6-8)21-14(16(18,19)20)13(15(22)24)10-3-2-9(23)7-11(10)17;1-11(2)12(3,4)17-13(16-11)9-6-5-8(15)7-10(9)14;1-5-2-3-16-6(4-5)15-8(10(12,13)14)7(11)9(16)17;5-3-4-1-2-4;2-1-4-3;;;/h4-9,12H,2-3,10H2,1H3;2-7,23H,1H3;5-7,15H,1-4H3;2-4H,1H3;4H,1-3H2;1,3H;;;/q;;;;;;2*+1;-1/p-1. The summed E-state index contributed by atoms with van der Waals surface area (Å²) in [5.74, 6) is -1.50. The summed E-state index contributed by atoms with van der Waals surface area (Å²) in [6.45, 7) is 12.9. The van der Waals surface area contributed by atoms with E-state index in [1.807, 2.05) is 27.7 Å². The van der Waals surface area contributed by atoms with Crippen molar-refractivity contribution in [3.8, 4) is 39.5 Å². The molecule has 34 heteroatoms. The number of ether oxygens (including phenoxy) is 1. The molecular formula is C63H57BBr2Cs2F12N6O11. The SMILES string of the molecule is BrCC1CC1.CC1(C)OB(c2ccc(O)cc2F)OC1(C)C.Cc1ccn2c(=O)c(-c3ccc(O)cc3F)c(C(F)(F)F)nc2c1.Cc1ccn2c(=O)c(-c3ccc(OCC4CC4)cc3F)c(C(F)(F)F)nc2c1.Cc1ccn2c(=O)c(Br)c(C(F)(F)F)nc2c1.O=CO[O-].[Cs+].[Cs+].[H-]. The molecule has 2 aliphatic carbocycles. The summed E-state index contributed by atoms with van der Waals surface area (Å²) in [4.78, 5) is 58.9. The zero-order chi connectivity index (χ0) is 70.4. The molecule has 2 N–H and O–H groups in total. The summed E-state index contributed by atoms with van der Waals surface area (Å²) in [5.41, 5.74) is -8.68. The molecule has 2 saturated carbocycles. The number of hydrogen-bond acceptors (Lipinski definition) is 14. The fourth-order valence-electron chi connectivity index (χ4n) is 8.72. The summed E-state index contributed by atoms with van der Waals surface area (Å²) < 4.78 is 180. The van der Waals surface area contributed by atoms with E-state index in [2.05, 4.69) is 51.7 Å². The van der Waals surface area contributed by atoms with Crippen LogP contribution in [0.5, 0.6) is 17.2 Å². The monoisotopic (exact) mass is 1740 g/mol. The molecule has 1 aliphatic heterocycles. The van der Waals surface area contributed by atoms with E-state index in [1.54, 1.807) is 32.9 Å². The number of carbonyl (C=O) groups is 1. The average molecular weight is 1740 g/mol. The van der Waals surface area contributed by atoms with Crippen LogP contribution in [-0.4, -0.2) is 75.1 Å². The number of carbonyl (C=O) groups excluding carboxylic acids is 1. The van der Waals surface area contributed by atoms with E-state index in [1.165, 1.54) is 79.2 Å². The molecule has 3 fully saturated rings. The maximum Gasteiger partial charge on any atom is 1.00 e. The van der Waals surface area contributed by atoms with Crippen molar-refractivity contribution in [1.29, 1.82) is 0 Å². The zero-order valence-corrected chi connectivity index (χ0v) is 68.7.